The van der Waals surface area contributed by atoms with E-state index in [0.717, 1.165) is 12.2 Å². The standard InChI is InChI=1S/C16H25NO3/c1-4-14(7-9-18)17-16(19)8-10-20-15-6-5-12(2)13(3)11-15/h5-6,11,14,18H,4,7-10H2,1-3H3,(H,17,19). The number of benzene rings is 1. The molecule has 0 saturated heterocycles. The predicted octanol–water partition coefficient (Wildman–Crippen LogP) is 2.35. The van der Waals surface area contributed by atoms with Gasteiger partial charge < -0.3 is 15.2 Å². The number of hydrogen-bond donors (Lipinski definition) is 2. The van der Waals surface area contributed by atoms with Crippen molar-refractivity contribution in [2.75, 3.05) is 13.2 Å². The zero-order valence-corrected chi connectivity index (χ0v) is 12.6. The van der Waals surface area contributed by atoms with Crippen molar-refractivity contribution in [3.8, 4) is 5.75 Å². The van der Waals surface area contributed by atoms with Crippen LogP contribution >= 0.6 is 0 Å². The monoisotopic (exact) mass is 279 g/mol. The number of carbonyl (C=O) groups is 1. The van der Waals surface area contributed by atoms with Crippen LogP contribution in [0.1, 0.15) is 37.3 Å². The maximum Gasteiger partial charge on any atom is 0.223 e. The van der Waals surface area contributed by atoms with Crippen LogP contribution < -0.4 is 10.1 Å². The van der Waals surface area contributed by atoms with Crippen LogP contribution in [0.3, 0.4) is 0 Å². The molecular formula is C16H25NO3. The summed E-state index contributed by atoms with van der Waals surface area (Å²) in [5.41, 5.74) is 2.41. The van der Waals surface area contributed by atoms with Gasteiger partial charge in [-0.3, -0.25) is 4.79 Å². The first-order chi connectivity index (χ1) is 9.56. The lowest BCUT2D eigenvalue weighted by atomic mass is 10.1. The van der Waals surface area contributed by atoms with Crippen LogP contribution in [-0.2, 0) is 4.79 Å². The average molecular weight is 279 g/mol. The molecule has 1 aromatic rings. The van der Waals surface area contributed by atoms with Gasteiger partial charge in [0.15, 0.2) is 0 Å². The molecule has 0 aromatic heterocycles. The summed E-state index contributed by atoms with van der Waals surface area (Å²) in [5.74, 6) is 0.762. The molecule has 0 aliphatic rings. The molecule has 0 saturated carbocycles. The zero-order chi connectivity index (χ0) is 15.0. The second-order valence-corrected chi connectivity index (χ2v) is 5.03. The molecule has 0 aliphatic heterocycles. The topological polar surface area (TPSA) is 58.6 Å². The van der Waals surface area contributed by atoms with Crippen LogP contribution in [0.4, 0.5) is 0 Å². The van der Waals surface area contributed by atoms with Crippen molar-refractivity contribution in [1.82, 2.24) is 5.32 Å². The smallest absolute Gasteiger partial charge is 0.223 e. The third-order valence-electron chi connectivity index (χ3n) is 3.41. The van der Waals surface area contributed by atoms with E-state index in [-0.39, 0.29) is 18.6 Å². The largest absolute Gasteiger partial charge is 0.493 e. The molecule has 1 amide bonds. The van der Waals surface area contributed by atoms with Crippen LogP contribution in [0.2, 0.25) is 0 Å². The number of ether oxygens (including phenoxy) is 1. The van der Waals surface area contributed by atoms with Gasteiger partial charge >= 0.3 is 0 Å². The minimum Gasteiger partial charge on any atom is -0.493 e. The Kier molecular flexibility index (Phi) is 7.09. The second kappa shape index (κ2) is 8.59. The quantitative estimate of drug-likeness (QED) is 0.768. The molecule has 0 fully saturated rings. The minimum atomic E-state index is -0.0332. The Morgan fingerprint density at radius 1 is 1.35 bits per heavy atom. The Morgan fingerprint density at radius 2 is 2.10 bits per heavy atom. The summed E-state index contributed by atoms with van der Waals surface area (Å²) in [7, 11) is 0. The molecule has 0 aliphatic carbocycles. The zero-order valence-electron chi connectivity index (χ0n) is 12.6. The molecular weight excluding hydrogens is 254 g/mol. The normalized spacial score (nSPS) is 12.0. The first-order valence-corrected chi connectivity index (χ1v) is 7.17. The second-order valence-electron chi connectivity index (χ2n) is 5.03. The Balaban J connectivity index is 2.32. The van der Waals surface area contributed by atoms with Crippen molar-refractivity contribution in [2.24, 2.45) is 0 Å². The summed E-state index contributed by atoms with van der Waals surface area (Å²) >= 11 is 0. The van der Waals surface area contributed by atoms with Gasteiger partial charge in [0.05, 0.1) is 13.0 Å². The van der Waals surface area contributed by atoms with E-state index in [1.807, 2.05) is 32.0 Å². The Morgan fingerprint density at radius 3 is 2.70 bits per heavy atom. The van der Waals surface area contributed by atoms with E-state index in [1.54, 1.807) is 0 Å². The molecule has 0 spiro atoms. The van der Waals surface area contributed by atoms with Crippen molar-refractivity contribution in [2.45, 2.75) is 46.1 Å². The van der Waals surface area contributed by atoms with Crippen molar-refractivity contribution < 1.29 is 14.6 Å². The number of nitrogens with one attached hydrogen (secondary N) is 1. The third-order valence-corrected chi connectivity index (χ3v) is 3.41. The average Bonchev–Trinajstić information content (AvgIpc) is 2.42. The van der Waals surface area contributed by atoms with Gasteiger partial charge in [0.25, 0.3) is 0 Å². The van der Waals surface area contributed by atoms with E-state index in [9.17, 15) is 4.79 Å². The fraction of sp³-hybridized carbons (Fsp3) is 0.562. The number of aryl methyl sites for hydroxylation is 2. The molecule has 1 unspecified atom stereocenters. The van der Waals surface area contributed by atoms with Gasteiger partial charge in [0.2, 0.25) is 5.91 Å². The van der Waals surface area contributed by atoms with E-state index in [1.165, 1.54) is 11.1 Å². The van der Waals surface area contributed by atoms with Gasteiger partial charge in [-0.05, 0) is 49.9 Å². The molecule has 4 heteroatoms. The van der Waals surface area contributed by atoms with E-state index >= 15 is 0 Å². The lowest BCUT2D eigenvalue weighted by Gasteiger charge is -2.15. The number of aliphatic hydroxyl groups excluding tert-OH is 1. The van der Waals surface area contributed by atoms with Gasteiger partial charge in [-0.15, -0.1) is 0 Å². The summed E-state index contributed by atoms with van der Waals surface area (Å²) in [6.45, 7) is 6.54. The molecule has 2 N–H and O–H groups in total. The van der Waals surface area contributed by atoms with Crippen LogP contribution in [0, 0.1) is 13.8 Å². The maximum atomic E-state index is 11.7. The minimum absolute atomic E-state index is 0.0332. The van der Waals surface area contributed by atoms with Gasteiger partial charge in [-0.1, -0.05) is 13.0 Å². The molecule has 1 atom stereocenters. The van der Waals surface area contributed by atoms with Crippen molar-refractivity contribution in [3.05, 3.63) is 29.3 Å². The molecule has 0 radical (unpaired) electrons. The first kappa shape index (κ1) is 16.5. The number of carbonyl (C=O) groups excluding carboxylic acids is 1. The van der Waals surface area contributed by atoms with Gasteiger partial charge in [0, 0.05) is 12.6 Å². The highest BCUT2D eigenvalue weighted by Gasteiger charge is 2.09. The molecule has 0 heterocycles. The van der Waals surface area contributed by atoms with Crippen molar-refractivity contribution in [3.63, 3.8) is 0 Å². The summed E-state index contributed by atoms with van der Waals surface area (Å²) in [6.07, 6.45) is 1.75. The van der Waals surface area contributed by atoms with Crippen molar-refractivity contribution >= 4 is 5.91 Å². The van der Waals surface area contributed by atoms with Gasteiger partial charge in [0.1, 0.15) is 5.75 Å². The highest BCUT2D eigenvalue weighted by atomic mass is 16.5. The van der Waals surface area contributed by atoms with Crippen LogP contribution in [0.15, 0.2) is 18.2 Å². The predicted molar refractivity (Wildman–Crippen MR) is 80.0 cm³/mol. The molecule has 20 heavy (non-hydrogen) atoms. The maximum absolute atomic E-state index is 11.7. The first-order valence-electron chi connectivity index (χ1n) is 7.17. The van der Waals surface area contributed by atoms with Crippen LogP contribution in [-0.4, -0.2) is 30.3 Å². The van der Waals surface area contributed by atoms with E-state index in [2.05, 4.69) is 12.2 Å². The highest BCUT2D eigenvalue weighted by Crippen LogP contribution is 2.16. The van der Waals surface area contributed by atoms with Crippen LogP contribution in [0.5, 0.6) is 5.75 Å². The molecule has 112 valence electrons. The van der Waals surface area contributed by atoms with E-state index < -0.39 is 0 Å². The SMILES string of the molecule is CCC(CCO)NC(=O)CCOc1ccc(C)c(C)c1. The van der Waals surface area contributed by atoms with Crippen molar-refractivity contribution in [1.29, 1.82) is 0 Å². The fourth-order valence-electron chi connectivity index (χ4n) is 1.90. The summed E-state index contributed by atoms with van der Waals surface area (Å²) in [4.78, 5) is 11.7. The number of aliphatic hydroxyl groups is 1. The van der Waals surface area contributed by atoms with E-state index in [0.29, 0.717) is 19.4 Å². The van der Waals surface area contributed by atoms with Crippen LogP contribution in [0.25, 0.3) is 0 Å². The Bertz CT molecular complexity index is 432. The van der Waals surface area contributed by atoms with E-state index in [4.69, 9.17) is 9.84 Å². The summed E-state index contributed by atoms with van der Waals surface area (Å²) < 4.78 is 5.58. The number of hydrogen-bond acceptors (Lipinski definition) is 3. The molecule has 1 aromatic carbocycles. The lowest BCUT2D eigenvalue weighted by Crippen LogP contribution is -2.35. The Hall–Kier alpha value is -1.55. The number of amides is 1. The van der Waals surface area contributed by atoms with Gasteiger partial charge in [-0.25, -0.2) is 0 Å². The lowest BCUT2D eigenvalue weighted by molar-refractivity contribution is -0.122. The summed E-state index contributed by atoms with van der Waals surface area (Å²) in [5, 5.41) is 11.8. The Labute approximate surface area is 121 Å². The fourth-order valence-corrected chi connectivity index (χ4v) is 1.90. The highest BCUT2D eigenvalue weighted by molar-refractivity contribution is 5.76. The number of rotatable bonds is 8. The molecule has 0 bridgehead atoms. The van der Waals surface area contributed by atoms with Gasteiger partial charge in [-0.2, -0.15) is 0 Å². The molecule has 4 nitrogen and oxygen atoms in total. The molecule has 1 rings (SSSR count). The summed E-state index contributed by atoms with van der Waals surface area (Å²) in [6, 6.07) is 5.96. The third kappa shape index (κ3) is 5.61.